The molecular weight excluding hydrogens is 456 g/mol. The van der Waals surface area contributed by atoms with Crippen molar-refractivity contribution >= 4 is 29.3 Å². The van der Waals surface area contributed by atoms with Crippen molar-refractivity contribution in [2.45, 2.75) is 6.42 Å². The third kappa shape index (κ3) is 7.36. The van der Waals surface area contributed by atoms with E-state index < -0.39 is 11.8 Å². The fourth-order valence-electron chi connectivity index (χ4n) is 2.86. The predicted molar refractivity (Wildman–Crippen MR) is 127 cm³/mol. The molecule has 3 N–H and O–H groups in total. The highest BCUT2D eigenvalue weighted by molar-refractivity contribution is 6.30. The van der Waals surface area contributed by atoms with Gasteiger partial charge in [0.1, 0.15) is 5.75 Å². The summed E-state index contributed by atoms with van der Waals surface area (Å²) in [6.45, 7) is -0.185. The molecule has 3 rings (SSSR count). The van der Waals surface area contributed by atoms with Gasteiger partial charge in [0.2, 0.25) is 5.91 Å². The summed E-state index contributed by atoms with van der Waals surface area (Å²) in [5.74, 6) is -0.831. The summed E-state index contributed by atoms with van der Waals surface area (Å²) in [7, 11) is 0. The number of amides is 3. The van der Waals surface area contributed by atoms with Crippen molar-refractivity contribution in [1.82, 2.24) is 16.2 Å². The standard InChI is InChI=1S/C25H21ClN4O4/c26-21-9-5-20(6-10-21)25(33)28-14-13-23(31)29-30-24(32)16-34-22-11-7-19(8-12-22)18-3-1-17(15-27)2-4-18/h1-12H,13-14,16H2,(H,28,33)(H,29,31)(H,30,32). The lowest BCUT2D eigenvalue weighted by molar-refractivity contribution is -0.129. The Morgan fingerprint density at radius 2 is 1.41 bits per heavy atom. The Kier molecular flexibility index (Phi) is 8.60. The van der Waals surface area contributed by atoms with Gasteiger partial charge in [-0.25, -0.2) is 0 Å². The lowest BCUT2D eigenvalue weighted by Crippen LogP contribution is -2.44. The zero-order valence-electron chi connectivity index (χ0n) is 18.0. The fraction of sp³-hybridized carbons (Fsp3) is 0.120. The number of halogens is 1. The first-order valence-corrected chi connectivity index (χ1v) is 10.7. The normalized spacial score (nSPS) is 10.0. The number of carbonyl (C=O) groups is 3. The number of nitrogens with zero attached hydrogens (tertiary/aromatic N) is 1. The van der Waals surface area contributed by atoms with Gasteiger partial charge >= 0.3 is 0 Å². The van der Waals surface area contributed by atoms with Gasteiger partial charge in [0.05, 0.1) is 11.6 Å². The van der Waals surface area contributed by atoms with E-state index in [0.29, 0.717) is 21.9 Å². The summed E-state index contributed by atoms with van der Waals surface area (Å²) in [4.78, 5) is 35.7. The predicted octanol–water partition coefficient (Wildman–Crippen LogP) is 3.22. The van der Waals surface area contributed by atoms with Crippen LogP contribution in [0.4, 0.5) is 0 Å². The van der Waals surface area contributed by atoms with Crippen molar-refractivity contribution in [3.8, 4) is 22.9 Å². The summed E-state index contributed by atoms with van der Waals surface area (Å²) < 4.78 is 5.42. The molecule has 172 valence electrons. The van der Waals surface area contributed by atoms with E-state index in [1.165, 1.54) is 0 Å². The zero-order valence-corrected chi connectivity index (χ0v) is 18.8. The van der Waals surface area contributed by atoms with Crippen LogP contribution >= 0.6 is 11.6 Å². The first-order valence-electron chi connectivity index (χ1n) is 10.3. The van der Waals surface area contributed by atoms with Crippen LogP contribution in [0.1, 0.15) is 22.3 Å². The van der Waals surface area contributed by atoms with E-state index in [4.69, 9.17) is 21.6 Å². The Balaban J connectivity index is 1.34. The SMILES string of the molecule is N#Cc1ccc(-c2ccc(OCC(=O)NNC(=O)CCNC(=O)c3ccc(Cl)cc3)cc2)cc1. The number of hydrogen-bond acceptors (Lipinski definition) is 5. The second-order valence-corrected chi connectivity index (χ2v) is 7.55. The number of carbonyl (C=O) groups excluding carboxylic acids is 3. The first kappa shape index (κ1) is 24.3. The summed E-state index contributed by atoms with van der Waals surface area (Å²) in [6, 6.07) is 22.8. The Bertz CT molecular complexity index is 1190. The molecule has 0 aliphatic rings. The lowest BCUT2D eigenvalue weighted by Gasteiger charge is -2.10. The molecule has 0 bridgehead atoms. The monoisotopic (exact) mass is 476 g/mol. The molecule has 0 radical (unpaired) electrons. The van der Waals surface area contributed by atoms with Crippen LogP contribution in [0.3, 0.4) is 0 Å². The minimum Gasteiger partial charge on any atom is -0.484 e. The maximum Gasteiger partial charge on any atom is 0.276 e. The molecule has 0 aliphatic carbocycles. The summed E-state index contributed by atoms with van der Waals surface area (Å²) in [5, 5.41) is 12.0. The molecule has 0 fully saturated rings. The molecule has 0 spiro atoms. The number of hydrazine groups is 1. The molecule has 3 amide bonds. The van der Waals surface area contributed by atoms with Gasteiger partial charge in [-0.05, 0) is 59.7 Å². The quantitative estimate of drug-likeness (QED) is 0.431. The molecule has 0 heterocycles. The second kappa shape index (κ2) is 12.0. The maximum atomic E-state index is 12.0. The highest BCUT2D eigenvalue weighted by Gasteiger charge is 2.08. The first-order chi connectivity index (χ1) is 16.4. The van der Waals surface area contributed by atoms with Crippen molar-refractivity contribution in [2.75, 3.05) is 13.2 Å². The van der Waals surface area contributed by atoms with Gasteiger partial charge in [0.25, 0.3) is 11.8 Å². The Morgan fingerprint density at radius 3 is 2.03 bits per heavy atom. The molecule has 9 heteroatoms. The smallest absolute Gasteiger partial charge is 0.276 e. The highest BCUT2D eigenvalue weighted by Crippen LogP contribution is 2.22. The summed E-state index contributed by atoms with van der Waals surface area (Å²) >= 11 is 5.78. The Hall–Kier alpha value is -4.35. The average Bonchev–Trinajstić information content (AvgIpc) is 2.87. The number of hydrogen-bond donors (Lipinski definition) is 3. The van der Waals surface area contributed by atoms with E-state index in [2.05, 4.69) is 22.2 Å². The molecular formula is C25H21ClN4O4. The lowest BCUT2D eigenvalue weighted by atomic mass is 10.0. The van der Waals surface area contributed by atoms with Crippen LogP contribution in [0.25, 0.3) is 11.1 Å². The van der Waals surface area contributed by atoms with Crippen molar-refractivity contribution in [1.29, 1.82) is 5.26 Å². The van der Waals surface area contributed by atoms with E-state index in [0.717, 1.165) is 11.1 Å². The van der Waals surface area contributed by atoms with E-state index in [9.17, 15) is 14.4 Å². The van der Waals surface area contributed by atoms with Crippen LogP contribution < -0.4 is 20.9 Å². The van der Waals surface area contributed by atoms with Crippen molar-refractivity contribution in [3.63, 3.8) is 0 Å². The van der Waals surface area contributed by atoms with E-state index in [1.807, 2.05) is 24.3 Å². The van der Waals surface area contributed by atoms with E-state index >= 15 is 0 Å². The molecule has 0 unspecified atom stereocenters. The molecule has 34 heavy (non-hydrogen) atoms. The molecule has 0 aromatic heterocycles. The molecule has 0 saturated heterocycles. The van der Waals surface area contributed by atoms with Crippen LogP contribution in [0.15, 0.2) is 72.8 Å². The number of nitrogens with one attached hydrogen (secondary N) is 3. The van der Waals surface area contributed by atoms with Crippen LogP contribution in [-0.2, 0) is 9.59 Å². The van der Waals surface area contributed by atoms with E-state index in [-0.39, 0.29) is 25.5 Å². The summed E-state index contributed by atoms with van der Waals surface area (Å²) in [6.07, 6.45) is -0.0166. The molecule has 0 saturated carbocycles. The minimum absolute atomic E-state index is 0.0166. The van der Waals surface area contributed by atoms with Gasteiger partial charge in [0, 0.05) is 23.6 Å². The number of nitriles is 1. The number of benzene rings is 3. The Morgan fingerprint density at radius 1 is 0.824 bits per heavy atom. The Labute approximate surface area is 201 Å². The van der Waals surface area contributed by atoms with Crippen molar-refractivity contribution in [3.05, 3.63) is 88.9 Å². The van der Waals surface area contributed by atoms with Gasteiger partial charge < -0.3 is 10.1 Å². The van der Waals surface area contributed by atoms with Crippen molar-refractivity contribution < 1.29 is 19.1 Å². The van der Waals surface area contributed by atoms with E-state index in [1.54, 1.807) is 48.5 Å². The summed E-state index contributed by atoms with van der Waals surface area (Å²) in [5.41, 5.74) is 7.44. The topological polar surface area (TPSA) is 120 Å². The van der Waals surface area contributed by atoms with Crippen LogP contribution in [0.2, 0.25) is 5.02 Å². The van der Waals surface area contributed by atoms with Gasteiger partial charge in [-0.15, -0.1) is 0 Å². The molecule has 8 nitrogen and oxygen atoms in total. The van der Waals surface area contributed by atoms with Gasteiger partial charge in [-0.3, -0.25) is 25.2 Å². The molecule has 3 aromatic carbocycles. The van der Waals surface area contributed by atoms with Crippen LogP contribution in [0.5, 0.6) is 5.75 Å². The molecule has 0 aliphatic heterocycles. The maximum absolute atomic E-state index is 12.0. The molecule has 3 aromatic rings. The molecule has 0 atom stereocenters. The second-order valence-electron chi connectivity index (χ2n) is 7.11. The fourth-order valence-corrected chi connectivity index (χ4v) is 2.99. The third-order valence-corrected chi connectivity index (χ3v) is 4.91. The van der Waals surface area contributed by atoms with Crippen molar-refractivity contribution in [2.24, 2.45) is 0 Å². The number of rotatable bonds is 8. The average molecular weight is 477 g/mol. The zero-order chi connectivity index (χ0) is 24.3. The highest BCUT2D eigenvalue weighted by atomic mass is 35.5. The number of ether oxygens (including phenoxy) is 1. The largest absolute Gasteiger partial charge is 0.484 e. The third-order valence-electron chi connectivity index (χ3n) is 4.66. The van der Waals surface area contributed by atoms with Gasteiger partial charge in [-0.2, -0.15) is 5.26 Å². The van der Waals surface area contributed by atoms with Crippen LogP contribution in [0, 0.1) is 11.3 Å². The van der Waals surface area contributed by atoms with Gasteiger partial charge in [-0.1, -0.05) is 35.9 Å². The van der Waals surface area contributed by atoms with Crippen LogP contribution in [-0.4, -0.2) is 30.9 Å². The van der Waals surface area contributed by atoms with Gasteiger partial charge in [0.15, 0.2) is 6.61 Å². The minimum atomic E-state index is -0.533.